The van der Waals surface area contributed by atoms with E-state index < -0.39 is 0 Å². The van der Waals surface area contributed by atoms with Gasteiger partial charge in [0.15, 0.2) is 0 Å². The molecule has 0 saturated heterocycles. The fraction of sp³-hybridized carbons (Fsp3) is 0.278. The van der Waals surface area contributed by atoms with Crippen LogP contribution in [0.15, 0.2) is 48.5 Å². The van der Waals surface area contributed by atoms with Crippen LogP contribution in [0.2, 0.25) is 0 Å². The average Bonchev–Trinajstić information content (AvgIpc) is 2.49. The fourth-order valence-corrected chi connectivity index (χ4v) is 3.37. The highest BCUT2D eigenvalue weighted by Gasteiger charge is 2.25. The Morgan fingerprint density at radius 1 is 1.10 bits per heavy atom. The summed E-state index contributed by atoms with van der Waals surface area (Å²) in [6, 6.07) is 16.7. The maximum absolute atomic E-state index is 12.6. The molecule has 0 amide bonds. The summed E-state index contributed by atoms with van der Waals surface area (Å²) in [5, 5.41) is 0. The summed E-state index contributed by atoms with van der Waals surface area (Å²) < 4.78 is 1.21. The van der Waals surface area contributed by atoms with Gasteiger partial charge in [0.2, 0.25) is 0 Å². The van der Waals surface area contributed by atoms with Gasteiger partial charge in [-0.2, -0.15) is 0 Å². The summed E-state index contributed by atoms with van der Waals surface area (Å²) in [7, 11) is 0. The van der Waals surface area contributed by atoms with E-state index in [1.165, 1.54) is 14.7 Å². The number of Topliss-reactive ketones (excluding diaryl/α,β-unsaturated/α-hetero) is 1. The van der Waals surface area contributed by atoms with Crippen molar-refractivity contribution in [2.45, 2.75) is 31.6 Å². The van der Waals surface area contributed by atoms with E-state index in [4.69, 9.17) is 0 Å². The Morgan fingerprint density at radius 2 is 1.85 bits per heavy atom. The van der Waals surface area contributed by atoms with Gasteiger partial charge in [-0.15, -0.1) is 0 Å². The van der Waals surface area contributed by atoms with Crippen molar-refractivity contribution in [3.05, 3.63) is 68.8 Å². The normalized spacial score (nSPS) is 17.6. The first-order chi connectivity index (χ1) is 9.74. The molecule has 3 rings (SSSR count). The maximum atomic E-state index is 12.6. The van der Waals surface area contributed by atoms with Gasteiger partial charge < -0.3 is 0 Å². The monoisotopic (exact) mass is 376 g/mol. The van der Waals surface area contributed by atoms with E-state index in [1.807, 2.05) is 0 Å². The molecule has 1 aliphatic rings. The molecule has 2 aromatic carbocycles. The van der Waals surface area contributed by atoms with Crippen LogP contribution in [-0.2, 0) is 17.6 Å². The molecule has 1 aliphatic carbocycles. The topological polar surface area (TPSA) is 17.1 Å². The molecule has 0 aromatic heterocycles. The van der Waals surface area contributed by atoms with Gasteiger partial charge in [0.05, 0.1) is 0 Å². The van der Waals surface area contributed by atoms with E-state index in [1.54, 1.807) is 0 Å². The second-order valence-corrected chi connectivity index (χ2v) is 6.66. The molecule has 0 fully saturated rings. The minimum atomic E-state index is 0.0965. The van der Waals surface area contributed by atoms with E-state index >= 15 is 0 Å². The lowest BCUT2D eigenvalue weighted by Crippen LogP contribution is -2.20. The third-order valence-corrected chi connectivity index (χ3v) is 4.77. The van der Waals surface area contributed by atoms with Gasteiger partial charge in [0.1, 0.15) is 5.78 Å². The number of carbonyl (C=O) groups is 1. The molecular weight excluding hydrogens is 359 g/mol. The molecule has 1 unspecified atom stereocenters. The molecule has 0 bridgehead atoms. The zero-order valence-corrected chi connectivity index (χ0v) is 13.5. The van der Waals surface area contributed by atoms with Crippen LogP contribution < -0.4 is 0 Å². The van der Waals surface area contributed by atoms with Gasteiger partial charge in [-0.3, -0.25) is 4.79 Å². The lowest BCUT2D eigenvalue weighted by molar-refractivity contribution is -0.120. The number of hydrogen-bond donors (Lipinski definition) is 0. The molecule has 1 atom stereocenters. The smallest absolute Gasteiger partial charge is 0.144 e. The number of halogens is 1. The summed E-state index contributed by atoms with van der Waals surface area (Å²) in [5.41, 5.74) is 3.74. The molecule has 0 saturated carbocycles. The minimum Gasteiger partial charge on any atom is -0.299 e. The number of benzene rings is 2. The van der Waals surface area contributed by atoms with Crippen molar-refractivity contribution in [3.8, 4) is 0 Å². The van der Waals surface area contributed by atoms with E-state index in [2.05, 4.69) is 71.1 Å². The van der Waals surface area contributed by atoms with Crippen molar-refractivity contribution < 1.29 is 4.79 Å². The van der Waals surface area contributed by atoms with Crippen molar-refractivity contribution in [1.82, 2.24) is 0 Å². The van der Waals surface area contributed by atoms with Crippen molar-refractivity contribution in [2.24, 2.45) is 0 Å². The number of carbonyl (C=O) groups excluding carboxylic acids is 1. The predicted molar refractivity (Wildman–Crippen MR) is 90.0 cm³/mol. The van der Waals surface area contributed by atoms with E-state index in [0.717, 1.165) is 24.8 Å². The third-order valence-electron chi connectivity index (χ3n) is 4.05. The largest absolute Gasteiger partial charge is 0.299 e. The van der Waals surface area contributed by atoms with Gasteiger partial charge in [-0.05, 0) is 70.7 Å². The van der Waals surface area contributed by atoms with Crippen molar-refractivity contribution >= 4 is 28.4 Å². The molecule has 2 aromatic rings. The summed E-state index contributed by atoms with van der Waals surface area (Å²) in [5.74, 6) is 0.456. The maximum Gasteiger partial charge on any atom is 0.144 e. The standard InChI is InChI=1S/C18H17IO/c19-15-10-8-13(9-11-15)12-18(20)17-7-3-5-14-4-1-2-6-16(14)17/h1-2,4,6,8-11,17H,3,5,7,12H2. The fourth-order valence-electron chi connectivity index (χ4n) is 3.02. The molecule has 0 spiro atoms. The Balaban J connectivity index is 1.80. The van der Waals surface area contributed by atoms with E-state index in [-0.39, 0.29) is 5.92 Å². The van der Waals surface area contributed by atoms with Crippen LogP contribution in [0.3, 0.4) is 0 Å². The number of aryl methyl sites for hydroxylation is 1. The number of rotatable bonds is 3. The molecule has 102 valence electrons. The van der Waals surface area contributed by atoms with Crippen LogP contribution in [0.25, 0.3) is 0 Å². The highest BCUT2D eigenvalue weighted by Crippen LogP contribution is 2.32. The zero-order chi connectivity index (χ0) is 13.9. The molecule has 1 nitrogen and oxygen atoms in total. The second-order valence-electron chi connectivity index (χ2n) is 5.41. The number of ketones is 1. The number of hydrogen-bond acceptors (Lipinski definition) is 1. The van der Waals surface area contributed by atoms with Gasteiger partial charge >= 0.3 is 0 Å². The van der Waals surface area contributed by atoms with Gasteiger partial charge in [0, 0.05) is 15.9 Å². The molecule has 0 radical (unpaired) electrons. The zero-order valence-electron chi connectivity index (χ0n) is 11.3. The Bertz CT molecular complexity index is 616. The molecule has 0 N–H and O–H groups in total. The SMILES string of the molecule is O=C(Cc1ccc(I)cc1)C1CCCc2ccccc21. The number of fused-ring (bicyclic) bond motifs is 1. The van der Waals surface area contributed by atoms with Crippen molar-refractivity contribution in [3.63, 3.8) is 0 Å². The first-order valence-corrected chi connectivity index (χ1v) is 8.17. The minimum absolute atomic E-state index is 0.0965. The lowest BCUT2D eigenvalue weighted by atomic mass is 9.79. The summed E-state index contributed by atoms with van der Waals surface area (Å²) in [6.45, 7) is 0. The van der Waals surface area contributed by atoms with Crippen LogP contribution in [0, 0.1) is 3.57 Å². The van der Waals surface area contributed by atoms with Crippen LogP contribution in [-0.4, -0.2) is 5.78 Å². The first-order valence-electron chi connectivity index (χ1n) is 7.09. The molecule has 20 heavy (non-hydrogen) atoms. The second kappa shape index (κ2) is 6.08. The van der Waals surface area contributed by atoms with E-state index in [0.29, 0.717) is 12.2 Å². The first kappa shape index (κ1) is 13.8. The van der Waals surface area contributed by atoms with Crippen LogP contribution >= 0.6 is 22.6 Å². The summed E-state index contributed by atoms with van der Waals surface area (Å²) in [4.78, 5) is 12.6. The highest BCUT2D eigenvalue weighted by molar-refractivity contribution is 14.1. The lowest BCUT2D eigenvalue weighted by Gasteiger charge is -2.24. The van der Waals surface area contributed by atoms with Gasteiger partial charge in [-0.25, -0.2) is 0 Å². The molecular formula is C18H17IO. The van der Waals surface area contributed by atoms with Crippen molar-refractivity contribution in [1.29, 1.82) is 0 Å². The predicted octanol–water partition coefficient (Wildman–Crippen LogP) is 4.52. The van der Waals surface area contributed by atoms with Crippen LogP contribution in [0.4, 0.5) is 0 Å². The Kier molecular flexibility index (Phi) is 4.20. The third kappa shape index (κ3) is 2.95. The molecule has 2 heteroatoms. The summed E-state index contributed by atoms with van der Waals surface area (Å²) in [6.07, 6.45) is 3.79. The van der Waals surface area contributed by atoms with Crippen LogP contribution in [0.5, 0.6) is 0 Å². The van der Waals surface area contributed by atoms with E-state index in [9.17, 15) is 4.79 Å². The highest BCUT2D eigenvalue weighted by atomic mass is 127. The Labute approximate surface area is 133 Å². The van der Waals surface area contributed by atoms with Crippen molar-refractivity contribution in [2.75, 3.05) is 0 Å². The molecule has 0 aliphatic heterocycles. The average molecular weight is 376 g/mol. The quantitative estimate of drug-likeness (QED) is 0.720. The van der Waals surface area contributed by atoms with Crippen LogP contribution in [0.1, 0.15) is 35.4 Å². The Morgan fingerprint density at radius 3 is 2.65 bits per heavy atom. The summed E-state index contributed by atoms with van der Waals surface area (Å²) >= 11 is 2.29. The molecule has 0 heterocycles. The Hall–Kier alpha value is -1.16. The van der Waals surface area contributed by atoms with Gasteiger partial charge in [0.25, 0.3) is 0 Å². The van der Waals surface area contributed by atoms with Gasteiger partial charge in [-0.1, -0.05) is 36.4 Å².